The molecule has 1 aromatic carbocycles. The molecular formula is C19H27N5O3. The number of likely N-dealkylation sites (N-methyl/N-ethyl adjacent to an activating group) is 1. The van der Waals surface area contributed by atoms with Gasteiger partial charge in [0.2, 0.25) is 5.91 Å². The van der Waals surface area contributed by atoms with Crippen LogP contribution in [0.15, 0.2) is 33.9 Å². The van der Waals surface area contributed by atoms with E-state index in [2.05, 4.69) is 10.3 Å². The van der Waals surface area contributed by atoms with Crippen molar-refractivity contribution in [2.75, 3.05) is 24.2 Å². The number of unbranched alkanes of at least 4 members (excludes halogenated alkanes) is 1. The van der Waals surface area contributed by atoms with Crippen LogP contribution >= 0.6 is 0 Å². The van der Waals surface area contributed by atoms with Crippen molar-refractivity contribution >= 4 is 17.4 Å². The molecule has 0 saturated carbocycles. The van der Waals surface area contributed by atoms with Crippen molar-refractivity contribution < 1.29 is 4.79 Å². The van der Waals surface area contributed by atoms with E-state index in [4.69, 9.17) is 5.73 Å². The van der Waals surface area contributed by atoms with Gasteiger partial charge in [0.1, 0.15) is 11.5 Å². The van der Waals surface area contributed by atoms with Gasteiger partial charge in [0.25, 0.3) is 5.56 Å². The first-order valence-corrected chi connectivity index (χ1v) is 9.00. The maximum absolute atomic E-state index is 12.3. The van der Waals surface area contributed by atoms with Gasteiger partial charge in [0.05, 0.1) is 6.54 Å². The highest BCUT2D eigenvalue weighted by Gasteiger charge is 2.18. The van der Waals surface area contributed by atoms with Crippen molar-refractivity contribution in [3.8, 4) is 0 Å². The lowest BCUT2D eigenvalue weighted by atomic mass is 10.1. The Morgan fingerprint density at radius 1 is 1.30 bits per heavy atom. The summed E-state index contributed by atoms with van der Waals surface area (Å²) in [5.41, 5.74) is 7.17. The number of nitrogens with zero attached hydrogens (tertiary/aromatic N) is 2. The number of aryl methyl sites for hydroxylation is 1. The number of rotatable bonds is 8. The summed E-state index contributed by atoms with van der Waals surface area (Å²) in [5, 5.41) is 2.84. The van der Waals surface area contributed by atoms with E-state index in [0.717, 1.165) is 24.0 Å². The summed E-state index contributed by atoms with van der Waals surface area (Å²) >= 11 is 0. The lowest BCUT2D eigenvalue weighted by molar-refractivity contribution is -0.119. The second kappa shape index (κ2) is 9.07. The van der Waals surface area contributed by atoms with Crippen LogP contribution in [-0.4, -0.2) is 29.1 Å². The Labute approximate surface area is 158 Å². The molecule has 1 heterocycles. The molecule has 8 nitrogen and oxygen atoms in total. The molecule has 0 aliphatic heterocycles. The Balaban J connectivity index is 2.11. The van der Waals surface area contributed by atoms with Crippen LogP contribution in [0, 0.1) is 6.92 Å². The van der Waals surface area contributed by atoms with Crippen LogP contribution in [0.5, 0.6) is 0 Å². The van der Waals surface area contributed by atoms with Gasteiger partial charge in [-0.15, -0.1) is 0 Å². The highest BCUT2D eigenvalue weighted by molar-refractivity contribution is 5.82. The van der Waals surface area contributed by atoms with E-state index in [-0.39, 0.29) is 24.0 Å². The summed E-state index contributed by atoms with van der Waals surface area (Å²) in [6.45, 7) is 4.75. The molecule has 0 aliphatic rings. The van der Waals surface area contributed by atoms with Crippen molar-refractivity contribution in [1.29, 1.82) is 0 Å². The number of benzene rings is 1. The molecule has 0 aliphatic carbocycles. The lowest BCUT2D eigenvalue weighted by Crippen LogP contribution is -2.41. The molecule has 4 N–H and O–H groups in total. The van der Waals surface area contributed by atoms with Crippen LogP contribution < -0.4 is 27.2 Å². The van der Waals surface area contributed by atoms with Crippen LogP contribution in [0.4, 0.5) is 11.5 Å². The summed E-state index contributed by atoms with van der Waals surface area (Å²) < 4.78 is 1.34. The molecule has 1 aromatic heterocycles. The zero-order valence-corrected chi connectivity index (χ0v) is 16.0. The molecule has 8 heteroatoms. The molecule has 2 aromatic rings. The second-order valence-corrected chi connectivity index (χ2v) is 6.56. The van der Waals surface area contributed by atoms with Gasteiger partial charge in [-0.1, -0.05) is 37.6 Å². The molecule has 146 valence electrons. The highest BCUT2D eigenvalue weighted by Crippen LogP contribution is 2.15. The number of amides is 1. The van der Waals surface area contributed by atoms with Crippen molar-refractivity contribution in [1.82, 2.24) is 14.9 Å². The third-order valence-electron chi connectivity index (χ3n) is 4.45. The van der Waals surface area contributed by atoms with E-state index in [1.807, 2.05) is 38.1 Å². The van der Waals surface area contributed by atoms with Gasteiger partial charge in [-0.2, -0.15) is 0 Å². The molecule has 0 fully saturated rings. The molecule has 0 radical (unpaired) electrons. The molecule has 0 bridgehead atoms. The maximum Gasteiger partial charge on any atom is 0.330 e. The maximum atomic E-state index is 12.3. The number of carbonyl (C=O) groups is 1. The standard InChI is InChI=1S/C19H27N5O3/c1-4-5-10-24-17(20)16(18(26)22-19(24)27)23(3)12-15(25)21-11-14-9-7-6-8-13(14)2/h6-9H,4-5,10-12,20H2,1-3H3,(H,21,25)(H,22,26,27). The zero-order valence-electron chi connectivity index (χ0n) is 16.0. The predicted octanol–water partition coefficient (Wildman–Crippen LogP) is 0.980. The number of H-pyrrole nitrogens is 1. The average molecular weight is 373 g/mol. The van der Waals surface area contributed by atoms with Crippen LogP contribution in [0.3, 0.4) is 0 Å². The Bertz CT molecular complexity index is 916. The smallest absolute Gasteiger partial charge is 0.330 e. The van der Waals surface area contributed by atoms with Gasteiger partial charge in [0, 0.05) is 20.1 Å². The normalized spacial score (nSPS) is 10.6. The van der Waals surface area contributed by atoms with Crippen molar-refractivity contribution in [2.45, 2.75) is 39.8 Å². The van der Waals surface area contributed by atoms with Crippen molar-refractivity contribution in [2.24, 2.45) is 0 Å². The first kappa shape index (κ1) is 20.3. The van der Waals surface area contributed by atoms with Gasteiger partial charge in [0.15, 0.2) is 0 Å². The van der Waals surface area contributed by atoms with Gasteiger partial charge >= 0.3 is 5.69 Å². The largest absolute Gasteiger partial charge is 0.383 e. The van der Waals surface area contributed by atoms with Crippen LogP contribution in [0.25, 0.3) is 0 Å². The molecule has 2 rings (SSSR count). The molecular weight excluding hydrogens is 346 g/mol. The van der Waals surface area contributed by atoms with Crippen molar-refractivity contribution in [3.63, 3.8) is 0 Å². The summed E-state index contributed by atoms with van der Waals surface area (Å²) in [5.74, 6) is -0.169. The minimum Gasteiger partial charge on any atom is -0.383 e. The van der Waals surface area contributed by atoms with Gasteiger partial charge in [-0.25, -0.2) is 4.79 Å². The summed E-state index contributed by atoms with van der Waals surface area (Å²) in [6.07, 6.45) is 1.65. The molecule has 0 unspecified atom stereocenters. The first-order chi connectivity index (χ1) is 12.8. The highest BCUT2D eigenvalue weighted by atomic mass is 16.2. The van der Waals surface area contributed by atoms with Gasteiger partial charge < -0.3 is 16.0 Å². The van der Waals surface area contributed by atoms with Crippen LogP contribution in [0.1, 0.15) is 30.9 Å². The Morgan fingerprint density at radius 3 is 2.67 bits per heavy atom. The lowest BCUT2D eigenvalue weighted by Gasteiger charge is -2.21. The summed E-state index contributed by atoms with van der Waals surface area (Å²) in [6, 6.07) is 7.79. The van der Waals surface area contributed by atoms with E-state index in [1.165, 1.54) is 9.47 Å². The Kier molecular flexibility index (Phi) is 6.81. The number of hydrogen-bond acceptors (Lipinski definition) is 5. The van der Waals surface area contributed by atoms with E-state index in [1.54, 1.807) is 7.05 Å². The Hall–Kier alpha value is -3.03. The minimum atomic E-state index is -0.598. The van der Waals surface area contributed by atoms with Crippen molar-refractivity contribution in [3.05, 3.63) is 56.2 Å². The number of hydrogen-bond donors (Lipinski definition) is 3. The average Bonchev–Trinajstić information content (AvgIpc) is 2.60. The number of nitrogens with two attached hydrogens (primary N) is 1. The zero-order chi connectivity index (χ0) is 20.0. The van der Waals surface area contributed by atoms with E-state index < -0.39 is 11.2 Å². The summed E-state index contributed by atoms with van der Waals surface area (Å²) in [4.78, 5) is 40.2. The fourth-order valence-electron chi connectivity index (χ4n) is 2.84. The van der Waals surface area contributed by atoms with E-state index in [0.29, 0.717) is 13.1 Å². The fraction of sp³-hybridized carbons (Fsp3) is 0.421. The SMILES string of the molecule is CCCCn1c(N)c(N(C)CC(=O)NCc2ccccc2C)c(=O)[nH]c1=O. The minimum absolute atomic E-state index is 0.0505. The van der Waals surface area contributed by atoms with Crippen LogP contribution in [0.2, 0.25) is 0 Å². The number of aromatic amines is 1. The monoisotopic (exact) mass is 373 g/mol. The van der Waals surface area contributed by atoms with E-state index in [9.17, 15) is 14.4 Å². The molecule has 0 atom stereocenters. The van der Waals surface area contributed by atoms with Crippen LogP contribution in [-0.2, 0) is 17.9 Å². The predicted molar refractivity (Wildman–Crippen MR) is 107 cm³/mol. The first-order valence-electron chi connectivity index (χ1n) is 9.00. The fourth-order valence-corrected chi connectivity index (χ4v) is 2.84. The quantitative estimate of drug-likeness (QED) is 0.638. The van der Waals surface area contributed by atoms with E-state index >= 15 is 0 Å². The Morgan fingerprint density at radius 2 is 2.00 bits per heavy atom. The summed E-state index contributed by atoms with van der Waals surface area (Å²) in [7, 11) is 1.60. The molecule has 0 saturated heterocycles. The molecule has 0 spiro atoms. The number of anilines is 2. The number of nitrogens with one attached hydrogen (secondary N) is 2. The number of aromatic nitrogens is 2. The number of carbonyl (C=O) groups excluding carboxylic acids is 1. The third-order valence-corrected chi connectivity index (χ3v) is 4.45. The second-order valence-electron chi connectivity index (χ2n) is 6.56. The third kappa shape index (κ3) is 4.99. The molecule has 1 amide bonds. The van der Waals surface area contributed by atoms with Gasteiger partial charge in [-0.05, 0) is 24.5 Å². The topological polar surface area (TPSA) is 113 Å². The number of nitrogen functional groups attached to an aromatic ring is 1. The molecule has 27 heavy (non-hydrogen) atoms. The van der Waals surface area contributed by atoms with Gasteiger partial charge in [-0.3, -0.25) is 19.1 Å².